The van der Waals surface area contributed by atoms with Crippen molar-refractivity contribution in [3.63, 3.8) is 0 Å². The largest absolute Gasteiger partial charge is 0.497 e. The normalized spacial score (nSPS) is 9.96. The quantitative estimate of drug-likeness (QED) is 0.853. The highest BCUT2D eigenvalue weighted by atomic mass is 16.5. The van der Waals surface area contributed by atoms with E-state index < -0.39 is 0 Å². The third-order valence-corrected chi connectivity index (χ3v) is 3.41. The fourth-order valence-electron chi connectivity index (χ4n) is 2.24. The van der Waals surface area contributed by atoms with E-state index in [1.54, 1.807) is 63.7 Å². The van der Waals surface area contributed by atoms with Gasteiger partial charge < -0.3 is 20.1 Å². The second-order valence-corrected chi connectivity index (χ2v) is 5.11. The summed E-state index contributed by atoms with van der Waals surface area (Å²) >= 11 is 0. The molecule has 2 aromatic rings. The van der Waals surface area contributed by atoms with Crippen LogP contribution in [0.1, 0.15) is 15.9 Å². The summed E-state index contributed by atoms with van der Waals surface area (Å²) in [6, 6.07) is 12.1. The van der Waals surface area contributed by atoms with Crippen LogP contribution in [-0.2, 0) is 11.2 Å². The van der Waals surface area contributed by atoms with Crippen molar-refractivity contribution in [3.05, 3.63) is 53.6 Å². The minimum Gasteiger partial charge on any atom is -0.497 e. The zero-order chi connectivity index (χ0) is 17.5. The van der Waals surface area contributed by atoms with Crippen molar-refractivity contribution in [1.29, 1.82) is 0 Å². The zero-order valence-corrected chi connectivity index (χ0v) is 13.9. The van der Waals surface area contributed by atoms with E-state index in [0.717, 1.165) is 5.56 Å². The molecule has 2 aromatic carbocycles. The summed E-state index contributed by atoms with van der Waals surface area (Å²) in [5, 5.41) is 5.33. The van der Waals surface area contributed by atoms with E-state index in [4.69, 9.17) is 9.47 Å². The van der Waals surface area contributed by atoms with Gasteiger partial charge in [-0.3, -0.25) is 9.59 Å². The first-order valence-corrected chi connectivity index (χ1v) is 7.39. The predicted octanol–water partition coefficient (Wildman–Crippen LogP) is 2.24. The zero-order valence-electron chi connectivity index (χ0n) is 13.9. The van der Waals surface area contributed by atoms with Gasteiger partial charge in [0.25, 0.3) is 5.91 Å². The predicted molar refractivity (Wildman–Crippen MR) is 91.7 cm³/mol. The molecule has 0 saturated heterocycles. The average Bonchev–Trinajstić information content (AvgIpc) is 2.60. The molecule has 126 valence electrons. The molecule has 2 rings (SSSR count). The summed E-state index contributed by atoms with van der Waals surface area (Å²) in [6.45, 7) is 0. The number of carbonyl (C=O) groups is 2. The second kappa shape index (κ2) is 8.01. The molecule has 6 heteroatoms. The van der Waals surface area contributed by atoms with E-state index >= 15 is 0 Å². The summed E-state index contributed by atoms with van der Waals surface area (Å²) < 4.78 is 10.4. The van der Waals surface area contributed by atoms with Crippen molar-refractivity contribution in [2.45, 2.75) is 6.42 Å². The Morgan fingerprint density at radius 3 is 2.25 bits per heavy atom. The molecule has 0 aliphatic rings. The van der Waals surface area contributed by atoms with Gasteiger partial charge in [0.15, 0.2) is 0 Å². The number of rotatable bonds is 6. The SMILES string of the molecule is CNC(=O)c1cccc(NC(=O)Cc2cc(OC)cc(OC)c2)c1. The average molecular weight is 328 g/mol. The molecular weight excluding hydrogens is 308 g/mol. The number of benzene rings is 2. The van der Waals surface area contributed by atoms with Crippen LogP contribution in [0, 0.1) is 0 Å². The van der Waals surface area contributed by atoms with Crippen molar-refractivity contribution in [2.24, 2.45) is 0 Å². The van der Waals surface area contributed by atoms with Gasteiger partial charge in [0, 0.05) is 24.4 Å². The smallest absolute Gasteiger partial charge is 0.251 e. The molecular formula is C18H20N2O4. The molecule has 0 aliphatic carbocycles. The third-order valence-electron chi connectivity index (χ3n) is 3.41. The van der Waals surface area contributed by atoms with Crippen LogP contribution >= 0.6 is 0 Å². The fraction of sp³-hybridized carbons (Fsp3) is 0.222. The third kappa shape index (κ3) is 4.49. The van der Waals surface area contributed by atoms with Gasteiger partial charge in [-0.25, -0.2) is 0 Å². The molecule has 0 atom stereocenters. The Morgan fingerprint density at radius 1 is 1.00 bits per heavy atom. The monoisotopic (exact) mass is 328 g/mol. The van der Waals surface area contributed by atoms with Gasteiger partial charge in [-0.1, -0.05) is 6.07 Å². The number of ether oxygens (including phenoxy) is 2. The van der Waals surface area contributed by atoms with E-state index in [1.165, 1.54) is 0 Å². The molecule has 0 spiro atoms. The summed E-state index contributed by atoms with van der Waals surface area (Å²) in [6.07, 6.45) is 0.164. The number of anilines is 1. The van der Waals surface area contributed by atoms with Crippen LogP contribution in [0.2, 0.25) is 0 Å². The Morgan fingerprint density at radius 2 is 1.67 bits per heavy atom. The minimum atomic E-state index is -0.205. The van der Waals surface area contributed by atoms with Crippen molar-refractivity contribution in [3.8, 4) is 11.5 Å². The maximum atomic E-state index is 12.2. The van der Waals surface area contributed by atoms with Crippen molar-refractivity contribution in [1.82, 2.24) is 5.32 Å². The molecule has 0 aliphatic heterocycles. The molecule has 0 radical (unpaired) electrons. The van der Waals surface area contributed by atoms with Gasteiger partial charge in [0.2, 0.25) is 5.91 Å². The lowest BCUT2D eigenvalue weighted by Gasteiger charge is -2.10. The summed E-state index contributed by atoms with van der Waals surface area (Å²) in [5.74, 6) is 0.848. The molecule has 0 saturated carbocycles. The van der Waals surface area contributed by atoms with Crippen LogP contribution < -0.4 is 20.1 Å². The number of amides is 2. The lowest BCUT2D eigenvalue weighted by atomic mass is 10.1. The maximum absolute atomic E-state index is 12.2. The highest BCUT2D eigenvalue weighted by molar-refractivity contribution is 5.97. The highest BCUT2D eigenvalue weighted by Crippen LogP contribution is 2.23. The Bertz CT molecular complexity index is 721. The number of nitrogens with one attached hydrogen (secondary N) is 2. The van der Waals surface area contributed by atoms with Gasteiger partial charge >= 0.3 is 0 Å². The van der Waals surface area contributed by atoms with Gasteiger partial charge in [0.1, 0.15) is 11.5 Å². The Hall–Kier alpha value is -3.02. The van der Waals surface area contributed by atoms with Crippen LogP contribution in [0.15, 0.2) is 42.5 Å². The van der Waals surface area contributed by atoms with Crippen LogP contribution in [0.3, 0.4) is 0 Å². The summed E-state index contributed by atoms with van der Waals surface area (Å²) in [5.41, 5.74) is 1.82. The lowest BCUT2D eigenvalue weighted by molar-refractivity contribution is -0.115. The molecule has 0 fully saturated rings. The maximum Gasteiger partial charge on any atom is 0.251 e. The first-order valence-electron chi connectivity index (χ1n) is 7.39. The van der Waals surface area contributed by atoms with Crippen molar-refractivity contribution < 1.29 is 19.1 Å². The van der Waals surface area contributed by atoms with Gasteiger partial charge in [0.05, 0.1) is 20.6 Å². The van der Waals surface area contributed by atoms with Crippen LogP contribution in [-0.4, -0.2) is 33.1 Å². The molecule has 0 bridgehead atoms. The number of hydrogen-bond donors (Lipinski definition) is 2. The highest BCUT2D eigenvalue weighted by Gasteiger charge is 2.09. The van der Waals surface area contributed by atoms with Gasteiger partial charge in [-0.05, 0) is 35.9 Å². The number of carbonyl (C=O) groups excluding carboxylic acids is 2. The Labute approximate surface area is 140 Å². The van der Waals surface area contributed by atoms with E-state index in [2.05, 4.69) is 10.6 Å². The summed E-state index contributed by atoms with van der Waals surface area (Å²) in [7, 11) is 4.68. The first-order chi connectivity index (χ1) is 11.5. The number of hydrogen-bond acceptors (Lipinski definition) is 4. The molecule has 2 amide bonds. The molecule has 0 heterocycles. The van der Waals surface area contributed by atoms with Gasteiger partial charge in [-0.15, -0.1) is 0 Å². The molecule has 6 nitrogen and oxygen atoms in total. The molecule has 24 heavy (non-hydrogen) atoms. The van der Waals surface area contributed by atoms with Gasteiger partial charge in [-0.2, -0.15) is 0 Å². The first kappa shape index (κ1) is 17.3. The minimum absolute atomic E-state index is 0.164. The van der Waals surface area contributed by atoms with Crippen molar-refractivity contribution in [2.75, 3.05) is 26.6 Å². The van der Waals surface area contributed by atoms with Crippen LogP contribution in [0.4, 0.5) is 5.69 Å². The number of methoxy groups -OCH3 is 2. The second-order valence-electron chi connectivity index (χ2n) is 5.11. The van der Waals surface area contributed by atoms with Crippen LogP contribution in [0.5, 0.6) is 11.5 Å². The van der Waals surface area contributed by atoms with Crippen LogP contribution in [0.25, 0.3) is 0 Å². The van der Waals surface area contributed by atoms with E-state index in [1.807, 2.05) is 0 Å². The molecule has 0 aromatic heterocycles. The standard InChI is InChI=1S/C18H20N2O4/c1-19-18(22)13-5-4-6-14(10-13)20-17(21)9-12-7-15(23-2)11-16(8-12)24-3/h4-8,10-11H,9H2,1-3H3,(H,19,22)(H,20,21). The topological polar surface area (TPSA) is 76.7 Å². The Kier molecular flexibility index (Phi) is 5.78. The molecule has 0 unspecified atom stereocenters. The Balaban J connectivity index is 2.10. The van der Waals surface area contributed by atoms with E-state index in [9.17, 15) is 9.59 Å². The van der Waals surface area contributed by atoms with Crippen molar-refractivity contribution >= 4 is 17.5 Å². The van der Waals surface area contributed by atoms with E-state index in [0.29, 0.717) is 22.7 Å². The molecule has 2 N–H and O–H groups in total. The summed E-state index contributed by atoms with van der Waals surface area (Å²) in [4.78, 5) is 23.9. The fourth-order valence-corrected chi connectivity index (χ4v) is 2.24. The van der Waals surface area contributed by atoms with E-state index in [-0.39, 0.29) is 18.2 Å². The lowest BCUT2D eigenvalue weighted by Crippen LogP contribution is -2.19.